The van der Waals surface area contributed by atoms with E-state index in [9.17, 15) is 9.59 Å². The quantitative estimate of drug-likeness (QED) is 0.355. The van der Waals surface area contributed by atoms with Crippen LogP contribution in [0.15, 0.2) is 29.4 Å². The Bertz CT molecular complexity index is 474. The molecule has 0 fully saturated rings. The van der Waals surface area contributed by atoms with E-state index in [0.717, 1.165) is 5.56 Å². The van der Waals surface area contributed by atoms with Crippen molar-refractivity contribution in [1.29, 1.82) is 0 Å². The zero-order valence-corrected chi connectivity index (χ0v) is 11.8. The third-order valence-corrected chi connectivity index (χ3v) is 2.52. The molecule has 0 unspecified atom stereocenters. The molecule has 6 nitrogen and oxygen atoms in total. The second kappa shape index (κ2) is 9.06. The first-order valence-corrected chi connectivity index (χ1v) is 6.37. The number of hydrogen-bond donors (Lipinski definition) is 2. The van der Waals surface area contributed by atoms with Gasteiger partial charge in [-0.1, -0.05) is 23.7 Å². The zero-order valence-electron chi connectivity index (χ0n) is 11.1. The molecular formula is C13H16ClN3O3. The Morgan fingerprint density at radius 3 is 2.65 bits per heavy atom. The molecule has 1 rings (SSSR count). The van der Waals surface area contributed by atoms with Crippen molar-refractivity contribution in [2.75, 3.05) is 20.3 Å². The van der Waals surface area contributed by atoms with Gasteiger partial charge in [-0.05, 0) is 24.1 Å². The number of hydrogen-bond acceptors (Lipinski definition) is 4. The molecule has 0 bridgehead atoms. The van der Waals surface area contributed by atoms with Crippen LogP contribution in [0, 0.1) is 0 Å². The van der Waals surface area contributed by atoms with E-state index in [2.05, 4.69) is 15.8 Å². The highest BCUT2D eigenvalue weighted by Gasteiger charge is 2.10. The summed E-state index contributed by atoms with van der Waals surface area (Å²) in [6.07, 6.45) is 2.07. The van der Waals surface area contributed by atoms with Gasteiger partial charge in [0.1, 0.15) is 0 Å². The summed E-state index contributed by atoms with van der Waals surface area (Å²) in [5.41, 5.74) is 2.90. The van der Waals surface area contributed by atoms with Gasteiger partial charge in [0.2, 0.25) is 0 Å². The van der Waals surface area contributed by atoms with Gasteiger partial charge in [-0.3, -0.25) is 9.59 Å². The minimum atomic E-state index is -0.812. The fourth-order valence-electron chi connectivity index (χ4n) is 1.26. The van der Waals surface area contributed by atoms with E-state index in [1.54, 1.807) is 31.4 Å². The second-order valence-electron chi connectivity index (χ2n) is 3.85. The average molecular weight is 298 g/mol. The molecular weight excluding hydrogens is 282 g/mol. The van der Waals surface area contributed by atoms with E-state index >= 15 is 0 Å². The Labute approximate surface area is 122 Å². The minimum Gasteiger partial charge on any atom is -0.385 e. The van der Waals surface area contributed by atoms with Crippen molar-refractivity contribution in [2.24, 2.45) is 5.10 Å². The molecule has 0 saturated carbocycles. The molecule has 0 aromatic heterocycles. The largest absolute Gasteiger partial charge is 0.385 e. The molecule has 108 valence electrons. The smallest absolute Gasteiger partial charge is 0.329 e. The fraction of sp³-hybridized carbons (Fsp3) is 0.308. The number of ether oxygens (including phenoxy) is 1. The first-order chi connectivity index (χ1) is 9.63. The highest BCUT2D eigenvalue weighted by atomic mass is 35.5. The van der Waals surface area contributed by atoms with Crippen LogP contribution in [0.25, 0.3) is 0 Å². The maximum atomic E-state index is 11.4. The predicted octanol–water partition coefficient (Wildman–Crippen LogP) is 0.943. The summed E-state index contributed by atoms with van der Waals surface area (Å²) in [6.45, 7) is 0.900. The number of nitrogens with one attached hydrogen (secondary N) is 2. The first-order valence-electron chi connectivity index (χ1n) is 5.99. The number of halogens is 1. The summed E-state index contributed by atoms with van der Waals surface area (Å²) in [6, 6.07) is 6.88. The Kier molecular flexibility index (Phi) is 7.31. The van der Waals surface area contributed by atoms with Crippen LogP contribution in [-0.4, -0.2) is 38.3 Å². The summed E-state index contributed by atoms with van der Waals surface area (Å²) in [4.78, 5) is 22.7. The van der Waals surface area contributed by atoms with E-state index in [-0.39, 0.29) is 0 Å². The molecule has 0 radical (unpaired) electrons. The Morgan fingerprint density at radius 1 is 1.30 bits per heavy atom. The van der Waals surface area contributed by atoms with Crippen LogP contribution < -0.4 is 10.7 Å². The van der Waals surface area contributed by atoms with Crippen LogP contribution in [0.1, 0.15) is 12.0 Å². The molecule has 20 heavy (non-hydrogen) atoms. The van der Waals surface area contributed by atoms with Crippen molar-refractivity contribution in [3.05, 3.63) is 34.9 Å². The van der Waals surface area contributed by atoms with Gasteiger partial charge in [-0.15, -0.1) is 0 Å². The summed E-state index contributed by atoms with van der Waals surface area (Å²) in [5.74, 6) is -1.54. The SMILES string of the molecule is COCCCNC(=O)C(=O)N/N=C\c1ccc(Cl)cc1. The second-order valence-corrected chi connectivity index (χ2v) is 4.29. The van der Waals surface area contributed by atoms with Gasteiger partial charge in [-0.25, -0.2) is 5.43 Å². The van der Waals surface area contributed by atoms with Crippen LogP contribution in [0.2, 0.25) is 5.02 Å². The summed E-state index contributed by atoms with van der Waals surface area (Å²) in [7, 11) is 1.57. The number of hydrazone groups is 1. The van der Waals surface area contributed by atoms with Gasteiger partial charge in [0.25, 0.3) is 0 Å². The highest BCUT2D eigenvalue weighted by molar-refractivity contribution is 6.35. The summed E-state index contributed by atoms with van der Waals surface area (Å²) < 4.78 is 4.82. The molecule has 0 spiro atoms. The molecule has 0 aliphatic heterocycles. The van der Waals surface area contributed by atoms with Gasteiger partial charge in [0.15, 0.2) is 0 Å². The van der Waals surface area contributed by atoms with E-state index in [4.69, 9.17) is 16.3 Å². The number of nitrogens with zero attached hydrogens (tertiary/aromatic N) is 1. The lowest BCUT2D eigenvalue weighted by Gasteiger charge is -2.03. The number of rotatable bonds is 6. The van der Waals surface area contributed by atoms with E-state index in [1.807, 2.05) is 0 Å². The van der Waals surface area contributed by atoms with Crippen LogP contribution in [0.5, 0.6) is 0 Å². The molecule has 0 aliphatic rings. The van der Waals surface area contributed by atoms with Crippen molar-refractivity contribution < 1.29 is 14.3 Å². The van der Waals surface area contributed by atoms with E-state index in [0.29, 0.717) is 24.6 Å². The lowest BCUT2D eigenvalue weighted by Crippen LogP contribution is -2.38. The maximum Gasteiger partial charge on any atom is 0.329 e. The molecule has 0 aliphatic carbocycles. The van der Waals surface area contributed by atoms with Crippen LogP contribution in [0.4, 0.5) is 0 Å². The third kappa shape index (κ3) is 6.31. The average Bonchev–Trinajstić information content (AvgIpc) is 2.45. The van der Waals surface area contributed by atoms with Crippen molar-refractivity contribution in [2.45, 2.75) is 6.42 Å². The normalized spacial score (nSPS) is 10.5. The predicted molar refractivity (Wildman–Crippen MR) is 76.7 cm³/mol. The van der Waals surface area contributed by atoms with E-state index < -0.39 is 11.8 Å². The van der Waals surface area contributed by atoms with Crippen LogP contribution in [0.3, 0.4) is 0 Å². The van der Waals surface area contributed by atoms with Crippen molar-refractivity contribution in [3.8, 4) is 0 Å². The molecule has 7 heteroatoms. The highest BCUT2D eigenvalue weighted by Crippen LogP contribution is 2.07. The number of amides is 2. The number of benzene rings is 1. The van der Waals surface area contributed by atoms with Gasteiger partial charge < -0.3 is 10.1 Å². The molecule has 0 heterocycles. The fourth-order valence-corrected chi connectivity index (χ4v) is 1.39. The van der Waals surface area contributed by atoms with E-state index in [1.165, 1.54) is 6.21 Å². The van der Waals surface area contributed by atoms with Gasteiger partial charge in [0, 0.05) is 25.3 Å². The van der Waals surface area contributed by atoms with Crippen molar-refractivity contribution in [3.63, 3.8) is 0 Å². The summed E-state index contributed by atoms with van der Waals surface area (Å²) in [5, 5.41) is 6.75. The molecule has 1 aromatic rings. The third-order valence-electron chi connectivity index (χ3n) is 2.27. The van der Waals surface area contributed by atoms with Crippen LogP contribution in [-0.2, 0) is 14.3 Å². The Balaban J connectivity index is 2.31. The van der Waals surface area contributed by atoms with Gasteiger partial charge in [0.05, 0.1) is 6.21 Å². The lowest BCUT2D eigenvalue weighted by molar-refractivity contribution is -0.139. The molecule has 1 aromatic carbocycles. The lowest BCUT2D eigenvalue weighted by atomic mass is 10.2. The number of carbonyl (C=O) groups is 2. The maximum absolute atomic E-state index is 11.4. The monoisotopic (exact) mass is 297 g/mol. The van der Waals surface area contributed by atoms with Crippen molar-refractivity contribution in [1.82, 2.24) is 10.7 Å². The number of methoxy groups -OCH3 is 1. The Morgan fingerprint density at radius 2 is 2.00 bits per heavy atom. The number of carbonyl (C=O) groups excluding carboxylic acids is 2. The van der Waals surface area contributed by atoms with Gasteiger partial charge >= 0.3 is 11.8 Å². The topological polar surface area (TPSA) is 79.8 Å². The molecule has 0 saturated heterocycles. The summed E-state index contributed by atoms with van der Waals surface area (Å²) >= 11 is 5.73. The van der Waals surface area contributed by atoms with Crippen molar-refractivity contribution >= 4 is 29.6 Å². The first kappa shape index (κ1) is 16.1. The Hall–Kier alpha value is -1.92. The van der Waals surface area contributed by atoms with Gasteiger partial charge in [-0.2, -0.15) is 5.10 Å². The molecule has 2 amide bonds. The zero-order chi connectivity index (χ0) is 14.8. The molecule has 2 N–H and O–H groups in total. The standard InChI is InChI=1S/C13H16ClN3O3/c1-20-8-2-7-15-12(18)13(19)17-16-9-10-3-5-11(14)6-4-10/h3-6,9H,2,7-8H2,1H3,(H,15,18)(H,17,19)/b16-9-. The minimum absolute atomic E-state index is 0.376. The molecule has 0 atom stereocenters. The van der Waals surface area contributed by atoms with Crippen LogP contribution >= 0.6 is 11.6 Å².